The van der Waals surface area contributed by atoms with Crippen molar-refractivity contribution in [2.24, 2.45) is 0 Å². The average molecular weight is 355 g/mol. The largest absolute Gasteiger partial charge is 0.478 e. The molecule has 4 nitrogen and oxygen atoms in total. The molecule has 4 rings (SSSR count). The minimum atomic E-state index is -1.01. The van der Waals surface area contributed by atoms with E-state index in [0.717, 1.165) is 20.2 Å². The molecular weight excluding hydrogens is 342 g/mol. The minimum absolute atomic E-state index is 0.148. The van der Waals surface area contributed by atoms with Gasteiger partial charge in [-0.1, -0.05) is 30.3 Å². The number of carboxylic acid groups (broad SMARTS) is 1. The summed E-state index contributed by atoms with van der Waals surface area (Å²) in [6, 6.07) is 12.8. The molecule has 1 aromatic carbocycles. The number of hydrogen-bond acceptors (Lipinski definition) is 4. The highest BCUT2D eigenvalue weighted by atomic mass is 32.2. The molecular formula is C18H13NO3S2. The Morgan fingerprint density at radius 3 is 2.67 bits per heavy atom. The normalized spacial score (nSPS) is 12.5. The van der Waals surface area contributed by atoms with Gasteiger partial charge in [0.15, 0.2) is 0 Å². The van der Waals surface area contributed by atoms with Gasteiger partial charge in [-0.3, -0.25) is 9.36 Å². The summed E-state index contributed by atoms with van der Waals surface area (Å²) in [6.07, 6.45) is 0. The van der Waals surface area contributed by atoms with Gasteiger partial charge in [-0.2, -0.15) is 0 Å². The number of aromatic nitrogens is 1. The van der Waals surface area contributed by atoms with Gasteiger partial charge in [-0.15, -0.1) is 23.1 Å². The molecule has 0 bridgehead atoms. The summed E-state index contributed by atoms with van der Waals surface area (Å²) in [5.74, 6) is -0.585. The van der Waals surface area contributed by atoms with Crippen molar-refractivity contribution < 1.29 is 9.90 Å². The molecule has 0 saturated carbocycles. The molecule has 1 aliphatic heterocycles. The SMILES string of the molecule is Cc1cc2c(s1)-c1c(C(=O)O)cc(-c3ccccc3)c(=O)n1CS2. The third-order valence-corrected chi connectivity index (χ3v) is 6.20. The maximum atomic E-state index is 13.0. The molecule has 6 heteroatoms. The van der Waals surface area contributed by atoms with E-state index < -0.39 is 5.97 Å². The van der Waals surface area contributed by atoms with Crippen LogP contribution < -0.4 is 5.56 Å². The summed E-state index contributed by atoms with van der Waals surface area (Å²) in [5, 5.41) is 9.72. The van der Waals surface area contributed by atoms with E-state index in [4.69, 9.17) is 0 Å². The molecule has 0 unspecified atom stereocenters. The summed E-state index contributed by atoms with van der Waals surface area (Å²) >= 11 is 3.10. The van der Waals surface area contributed by atoms with Crippen LogP contribution in [-0.4, -0.2) is 15.6 Å². The lowest BCUT2D eigenvalue weighted by atomic mass is 10.0. The molecule has 0 aliphatic carbocycles. The Kier molecular flexibility index (Phi) is 3.58. The maximum absolute atomic E-state index is 13.0. The van der Waals surface area contributed by atoms with Gasteiger partial charge in [0.2, 0.25) is 0 Å². The van der Waals surface area contributed by atoms with Crippen LogP contribution >= 0.6 is 23.1 Å². The second-order valence-corrected chi connectivity index (χ2v) is 7.79. The Balaban J connectivity index is 2.07. The molecule has 2 aromatic heterocycles. The molecule has 1 N–H and O–H groups in total. The van der Waals surface area contributed by atoms with E-state index in [1.165, 1.54) is 17.4 Å². The van der Waals surface area contributed by atoms with Gasteiger partial charge in [-0.05, 0) is 24.6 Å². The number of aromatic carboxylic acids is 1. The van der Waals surface area contributed by atoms with Crippen molar-refractivity contribution in [2.75, 3.05) is 0 Å². The number of carbonyl (C=O) groups is 1. The zero-order chi connectivity index (χ0) is 16.8. The first-order valence-corrected chi connectivity index (χ1v) is 9.16. The summed E-state index contributed by atoms with van der Waals surface area (Å²) in [5.41, 5.74) is 1.72. The Bertz CT molecular complexity index is 1020. The Hall–Kier alpha value is -2.31. The van der Waals surface area contributed by atoms with Gasteiger partial charge < -0.3 is 5.11 Å². The van der Waals surface area contributed by atoms with E-state index in [9.17, 15) is 14.7 Å². The number of nitrogens with zero attached hydrogens (tertiary/aromatic N) is 1. The van der Waals surface area contributed by atoms with Crippen molar-refractivity contribution in [3.63, 3.8) is 0 Å². The quantitative estimate of drug-likeness (QED) is 0.744. The number of rotatable bonds is 2. The van der Waals surface area contributed by atoms with Crippen LogP contribution in [0.4, 0.5) is 0 Å². The molecule has 120 valence electrons. The van der Waals surface area contributed by atoms with E-state index in [1.807, 2.05) is 37.3 Å². The minimum Gasteiger partial charge on any atom is -0.478 e. The fourth-order valence-electron chi connectivity index (χ4n) is 2.92. The third-order valence-electron chi connectivity index (χ3n) is 3.99. The number of benzene rings is 1. The molecule has 24 heavy (non-hydrogen) atoms. The fourth-order valence-corrected chi connectivity index (χ4v) is 5.27. The van der Waals surface area contributed by atoms with E-state index in [0.29, 0.717) is 17.1 Å². The number of thioether (sulfide) groups is 1. The summed E-state index contributed by atoms with van der Waals surface area (Å²) in [4.78, 5) is 27.9. The monoisotopic (exact) mass is 355 g/mol. The first-order valence-electron chi connectivity index (χ1n) is 7.36. The van der Waals surface area contributed by atoms with Crippen LogP contribution in [0.3, 0.4) is 0 Å². The fraction of sp³-hybridized carbons (Fsp3) is 0.111. The number of hydrogen-bond donors (Lipinski definition) is 1. The van der Waals surface area contributed by atoms with Crippen LogP contribution in [0.15, 0.2) is 52.2 Å². The summed E-state index contributed by atoms with van der Waals surface area (Å²) < 4.78 is 1.59. The van der Waals surface area contributed by atoms with Gasteiger partial charge in [-0.25, -0.2) is 4.79 Å². The number of pyridine rings is 1. The highest BCUT2D eigenvalue weighted by Crippen LogP contribution is 2.44. The number of carboxylic acids is 1. The van der Waals surface area contributed by atoms with E-state index >= 15 is 0 Å². The standard InChI is InChI=1S/C18H13NO3S2/c1-10-7-14-16(24-10)15-13(18(21)22)8-12(11-5-3-2-4-6-11)17(20)19(15)9-23-14/h2-8H,9H2,1H3,(H,21,22). The topological polar surface area (TPSA) is 59.3 Å². The van der Waals surface area contributed by atoms with Gasteiger partial charge in [0.1, 0.15) is 0 Å². The second-order valence-electron chi connectivity index (χ2n) is 5.55. The molecule has 1 aliphatic rings. The highest BCUT2D eigenvalue weighted by molar-refractivity contribution is 7.98. The predicted molar refractivity (Wildman–Crippen MR) is 97.0 cm³/mol. The summed E-state index contributed by atoms with van der Waals surface area (Å²) in [6.45, 7) is 1.99. The van der Waals surface area contributed by atoms with Gasteiger partial charge >= 0.3 is 5.97 Å². The highest BCUT2D eigenvalue weighted by Gasteiger charge is 2.27. The van der Waals surface area contributed by atoms with E-state index in [2.05, 4.69) is 6.07 Å². The van der Waals surface area contributed by atoms with Crippen LogP contribution in [0.1, 0.15) is 15.2 Å². The van der Waals surface area contributed by atoms with Crippen LogP contribution in [0, 0.1) is 6.92 Å². The van der Waals surface area contributed by atoms with Crippen molar-refractivity contribution in [1.82, 2.24) is 4.57 Å². The van der Waals surface area contributed by atoms with Crippen LogP contribution in [0.5, 0.6) is 0 Å². The van der Waals surface area contributed by atoms with Crippen molar-refractivity contribution in [1.29, 1.82) is 0 Å². The number of thiophene rings is 1. The van der Waals surface area contributed by atoms with Crippen molar-refractivity contribution >= 4 is 29.1 Å². The number of aryl methyl sites for hydroxylation is 1. The molecule has 3 heterocycles. The van der Waals surface area contributed by atoms with Gasteiger partial charge in [0, 0.05) is 15.3 Å². The van der Waals surface area contributed by atoms with Crippen LogP contribution in [0.2, 0.25) is 0 Å². The smallest absolute Gasteiger partial charge is 0.337 e. The summed E-state index contributed by atoms with van der Waals surface area (Å²) in [7, 11) is 0. The first-order chi connectivity index (χ1) is 11.6. The zero-order valence-electron chi connectivity index (χ0n) is 12.8. The molecule has 0 fully saturated rings. The Morgan fingerprint density at radius 1 is 1.21 bits per heavy atom. The molecule has 0 radical (unpaired) electrons. The molecule has 0 spiro atoms. The molecule has 0 atom stereocenters. The lowest BCUT2D eigenvalue weighted by molar-refractivity contribution is 0.0697. The maximum Gasteiger partial charge on any atom is 0.337 e. The molecule has 0 saturated heterocycles. The van der Waals surface area contributed by atoms with Crippen molar-refractivity contribution in [2.45, 2.75) is 17.7 Å². The van der Waals surface area contributed by atoms with Gasteiger partial charge in [0.05, 0.1) is 22.0 Å². The predicted octanol–water partition coefficient (Wildman–Crippen LogP) is 4.31. The lowest BCUT2D eigenvalue weighted by Crippen LogP contribution is -2.26. The second kappa shape index (κ2) is 5.65. The van der Waals surface area contributed by atoms with Crippen LogP contribution in [0.25, 0.3) is 21.7 Å². The average Bonchev–Trinajstić information content (AvgIpc) is 2.96. The van der Waals surface area contributed by atoms with E-state index in [1.54, 1.807) is 16.3 Å². The van der Waals surface area contributed by atoms with Crippen molar-refractivity contribution in [3.8, 4) is 21.7 Å². The molecule has 0 amide bonds. The van der Waals surface area contributed by atoms with Crippen molar-refractivity contribution in [3.05, 3.63) is 63.3 Å². The Morgan fingerprint density at radius 2 is 1.96 bits per heavy atom. The number of fused-ring (bicyclic) bond motifs is 3. The van der Waals surface area contributed by atoms with Gasteiger partial charge in [0.25, 0.3) is 5.56 Å². The Labute approximate surface area is 146 Å². The van der Waals surface area contributed by atoms with Crippen LogP contribution in [-0.2, 0) is 5.88 Å². The zero-order valence-corrected chi connectivity index (χ0v) is 14.4. The van der Waals surface area contributed by atoms with E-state index in [-0.39, 0.29) is 11.1 Å². The molecule has 3 aromatic rings. The lowest BCUT2D eigenvalue weighted by Gasteiger charge is -2.21. The third kappa shape index (κ3) is 2.30. The first kappa shape index (κ1) is 15.2.